The van der Waals surface area contributed by atoms with E-state index in [4.69, 9.17) is 4.74 Å². The van der Waals surface area contributed by atoms with Crippen LogP contribution in [0.25, 0.3) is 0 Å². The van der Waals surface area contributed by atoms with Crippen molar-refractivity contribution in [3.63, 3.8) is 0 Å². The highest BCUT2D eigenvalue weighted by Gasteiger charge is 2.52. The molecule has 3 saturated carbocycles. The van der Waals surface area contributed by atoms with Gasteiger partial charge in [-0.25, -0.2) is 0 Å². The molecule has 0 aromatic rings. The molecule has 3 aliphatic carbocycles. The second-order valence-electron chi connectivity index (χ2n) is 10.5. The number of likely N-dealkylation sites (tertiary alicyclic amines) is 1. The van der Waals surface area contributed by atoms with Crippen molar-refractivity contribution in [2.24, 2.45) is 11.3 Å². The number of hydrogen-bond acceptors (Lipinski definition) is 3. The van der Waals surface area contributed by atoms with E-state index in [1.54, 1.807) is 0 Å². The Hall–Kier alpha value is -0.610. The van der Waals surface area contributed by atoms with Crippen LogP contribution in [-0.2, 0) is 9.53 Å². The Morgan fingerprint density at radius 2 is 1.70 bits per heavy atom. The van der Waals surface area contributed by atoms with Gasteiger partial charge in [-0.2, -0.15) is 0 Å². The molecule has 0 aromatic carbocycles. The largest absolute Gasteiger partial charge is 0.378 e. The SMILES string of the molecule is COC1(CCN2CC3(CCC(C4CCCC4)(N(C)C)CC3)CC2=O)CCC1. The van der Waals surface area contributed by atoms with E-state index in [0.717, 1.165) is 31.8 Å². The molecule has 1 amide bonds. The molecule has 1 spiro atoms. The van der Waals surface area contributed by atoms with Crippen molar-refractivity contribution in [2.75, 3.05) is 34.3 Å². The summed E-state index contributed by atoms with van der Waals surface area (Å²) in [5.41, 5.74) is 0.727. The number of carbonyl (C=O) groups excluding carboxylic acids is 1. The van der Waals surface area contributed by atoms with Crippen molar-refractivity contribution in [3.05, 3.63) is 0 Å². The lowest BCUT2D eigenvalue weighted by Crippen LogP contribution is -2.54. The van der Waals surface area contributed by atoms with Crippen LogP contribution in [0.1, 0.15) is 83.5 Å². The Morgan fingerprint density at radius 3 is 2.22 bits per heavy atom. The van der Waals surface area contributed by atoms with Crippen molar-refractivity contribution < 1.29 is 9.53 Å². The molecule has 0 radical (unpaired) electrons. The van der Waals surface area contributed by atoms with Crippen LogP contribution in [0.15, 0.2) is 0 Å². The van der Waals surface area contributed by atoms with Crippen molar-refractivity contribution in [1.82, 2.24) is 9.80 Å². The van der Waals surface area contributed by atoms with Crippen molar-refractivity contribution in [2.45, 2.75) is 94.6 Å². The van der Waals surface area contributed by atoms with Crippen molar-refractivity contribution in [1.29, 1.82) is 0 Å². The van der Waals surface area contributed by atoms with Gasteiger partial charge in [-0.1, -0.05) is 12.8 Å². The monoisotopic (exact) mass is 376 g/mol. The normalized spacial score (nSPS) is 36.7. The van der Waals surface area contributed by atoms with E-state index in [1.165, 1.54) is 70.6 Å². The minimum atomic E-state index is 0.0746. The van der Waals surface area contributed by atoms with Gasteiger partial charge in [0.15, 0.2) is 0 Å². The second-order valence-corrected chi connectivity index (χ2v) is 10.5. The number of ether oxygens (including phenoxy) is 1. The zero-order valence-corrected chi connectivity index (χ0v) is 17.9. The Morgan fingerprint density at radius 1 is 1.04 bits per heavy atom. The van der Waals surface area contributed by atoms with Crippen LogP contribution >= 0.6 is 0 Å². The lowest BCUT2D eigenvalue weighted by atomic mass is 9.62. The van der Waals surface area contributed by atoms with Crippen LogP contribution in [0.4, 0.5) is 0 Å². The summed E-state index contributed by atoms with van der Waals surface area (Å²) in [7, 11) is 6.44. The van der Waals surface area contributed by atoms with Crippen LogP contribution < -0.4 is 0 Å². The topological polar surface area (TPSA) is 32.8 Å². The third-order valence-corrected chi connectivity index (χ3v) is 9.12. The molecule has 0 aromatic heterocycles. The number of amides is 1. The minimum absolute atomic E-state index is 0.0746. The van der Waals surface area contributed by atoms with Gasteiger partial charge < -0.3 is 14.5 Å². The van der Waals surface area contributed by atoms with Gasteiger partial charge in [-0.3, -0.25) is 4.79 Å². The highest BCUT2D eigenvalue weighted by molar-refractivity contribution is 5.79. The van der Waals surface area contributed by atoms with Crippen molar-refractivity contribution in [3.8, 4) is 0 Å². The van der Waals surface area contributed by atoms with Gasteiger partial charge in [-0.15, -0.1) is 0 Å². The van der Waals surface area contributed by atoms with Crippen LogP contribution in [-0.4, -0.2) is 61.1 Å². The predicted octanol–water partition coefficient (Wildman–Crippen LogP) is 4.23. The van der Waals surface area contributed by atoms with E-state index in [-0.39, 0.29) is 11.0 Å². The highest BCUT2D eigenvalue weighted by Crippen LogP contribution is 2.53. The predicted molar refractivity (Wildman–Crippen MR) is 109 cm³/mol. The standard InChI is InChI=1S/C23H40N2O2/c1-24(2)23(19-7-4-5-8-19)13-11-21(12-14-23)17-20(26)25(18-21)16-15-22(27-3)9-6-10-22/h19H,4-18H2,1-3H3. The fourth-order valence-corrected chi connectivity index (χ4v) is 6.88. The molecule has 0 unspecified atom stereocenters. The first kappa shape index (κ1) is 19.7. The zero-order chi connectivity index (χ0) is 19.1. The van der Waals surface area contributed by atoms with Crippen LogP contribution in [0, 0.1) is 11.3 Å². The maximum absolute atomic E-state index is 12.8. The smallest absolute Gasteiger partial charge is 0.223 e. The third-order valence-electron chi connectivity index (χ3n) is 9.12. The number of methoxy groups -OCH3 is 1. The van der Waals surface area contributed by atoms with E-state index in [2.05, 4.69) is 23.9 Å². The molecule has 1 aliphatic heterocycles. The summed E-state index contributed by atoms with van der Waals surface area (Å²) in [6.45, 7) is 1.90. The summed E-state index contributed by atoms with van der Waals surface area (Å²) in [5.74, 6) is 1.28. The number of nitrogens with zero attached hydrogens (tertiary/aromatic N) is 2. The minimum Gasteiger partial charge on any atom is -0.378 e. The molecule has 4 rings (SSSR count). The van der Waals surface area contributed by atoms with E-state index in [9.17, 15) is 4.79 Å². The average Bonchev–Trinajstić information content (AvgIpc) is 3.25. The van der Waals surface area contributed by atoms with Gasteiger partial charge >= 0.3 is 0 Å². The number of rotatable bonds is 6. The molecule has 27 heavy (non-hydrogen) atoms. The first-order chi connectivity index (χ1) is 12.9. The maximum Gasteiger partial charge on any atom is 0.223 e. The first-order valence-electron chi connectivity index (χ1n) is 11.4. The molecule has 1 saturated heterocycles. The summed E-state index contributed by atoms with van der Waals surface area (Å²) >= 11 is 0. The molecular formula is C23H40N2O2. The molecule has 0 bridgehead atoms. The van der Waals surface area contributed by atoms with E-state index < -0.39 is 0 Å². The zero-order valence-electron chi connectivity index (χ0n) is 17.9. The summed E-state index contributed by atoms with van der Waals surface area (Å²) in [4.78, 5) is 17.5. The molecule has 4 heteroatoms. The summed E-state index contributed by atoms with van der Waals surface area (Å²) in [6, 6.07) is 0. The van der Waals surface area contributed by atoms with Crippen LogP contribution in [0.5, 0.6) is 0 Å². The lowest BCUT2D eigenvalue weighted by molar-refractivity contribution is -0.129. The van der Waals surface area contributed by atoms with E-state index in [1.807, 2.05) is 7.11 Å². The van der Waals surface area contributed by atoms with E-state index >= 15 is 0 Å². The molecule has 4 nitrogen and oxygen atoms in total. The summed E-state index contributed by atoms with van der Waals surface area (Å²) < 4.78 is 5.77. The molecule has 4 aliphatic rings. The van der Waals surface area contributed by atoms with Gasteiger partial charge in [-0.05, 0) is 89.6 Å². The Kier molecular flexibility index (Phi) is 5.35. The molecule has 4 fully saturated rings. The van der Waals surface area contributed by atoms with Gasteiger partial charge in [0.05, 0.1) is 5.60 Å². The highest BCUT2D eigenvalue weighted by atomic mass is 16.5. The fraction of sp³-hybridized carbons (Fsp3) is 0.957. The van der Waals surface area contributed by atoms with Gasteiger partial charge in [0.1, 0.15) is 0 Å². The molecule has 1 heterocycles. The quantitative estimate of drug-likeness (QED) is 0.695. The molecule has 154 valence electrons. The Labute approximate surface area is 166 Å². The van der Waals surface area contributed by atoms with E-state index in [0.29, 0.717) is 11.4 Å². The molecule has 0 N–H and O–H groups in total. The maximum atomic E-state index is 12.8. The van der Waals surface area contributed by atoms with Gasteiger partial charge in [0.2, 0.25) is 5.91 Å². The van der Waals surface area contributed by atoms with Gasteiger partial charge in [0.25, 0.3) is 0 Å². The molecule has 0 atom stereocenters. The van der Waals surface area contributed by atoms with Crippen molar-refractivity contribution >= 4 is 5.91 Å². The Bertz CT molecular complexity index is 535. The Balaban J connectivity index is 1.37. The van der Waals surface area contributed by atoms with Gasteiger partial charge in [0, 0.05) is 32.2 Å². The summed E-state index contributed by atoms with van der Waals surface area (Å²) in [5, 5.41) is 0. The second kappa shape index (κ2) is 7.33. The van der Waals surface area contributed by atoms with Crippen LogP contribution in [0.2, 0.25) is 0 Å². The first-order valence-corrected chi connectivity index (χ1v) is 11.4. The number of hydrogen-bond donors (Lipinski definition) is 0. The fourth-order valence-electron chi connectivity index (χ4n) is 6.88. The van der Waals surface area contributed by atoms with Crippen LogP contribution in [0.3, 0.4) is 0 Å². The third kappa shape index (κ3) is 3.46. The average molecular weight is 377 g/mol. The lowest BCUT2D eigenvalue weighted by Gasteiger charge is -2.52. The molecular weight excluding hydrogens is 336 g/mol. The number of carbonyl (C=O) groups is 1. The summed E-state index contributed by atoms with van der Waals surface area (Å²) in [6.07, 6.45) is 16.1.